The first-order valence-electron chi connectivity index (χ1n) is 7.29. The molecule has 0 radical (unpaired) electrons. The standard InChI is InChI=1S/C14H17Cl2N3O3S/c15-10-2-1-9(12(16)5-10)7-17-13(20)18-8-11-6-14(3-4-14)23(21,22)19-11/h1-2,5,11,19H,3-4,6-8H2,(H2,17,18,20). The maximum Gasteiger partial charge on any atom is 0.315 e. The third-order valence-corrected chi connectivity index (χ3v) is 7.23. The summed E-state index contributed by atoms with van der Waals surface area (Å²) in [6, 6.07) is 4.44. The van der Waals surface area contributed by atoms with E-state index in [1.807, 2.05) is 0 Å². The monoisotopic (exact) mass is 377 g/mol. The summed E-state index contributed by atoms with van der Waals surface area (Å²) >= 11 is 11.8. The smallest absolute Gasteiger partial charge is 0.315 e. The van der Waals surface area contributed by atoms with Crippen molar-refractivity contribution in [3.63, 3.8) is 0 Å². The van der Waals surface area contributed by atoms with Gasteiger partial charge >= 0.3 is 6.03 Å². The van der Waals surface area contributed by atoms with Crippen molar-refractivity contribution in [2.45, 2.75) is 36.6 Å². The third kappa shape index (κ3) is 3.57. The largest absolute Gasteiger partial charge is 0.337 e. The van der Waals surface area contributed by atoms with Crippen LogP contribution in [0.4, 0.5) is 4.79 Å². The summed E-state index contributed by atoms with van der Waals surface area (Å²) < 4.78 is 25.9. The SMILES string of the molecule is O=C(NCc1ccc(Cl)cc1Cl)NCC1CC2(CC2)S(=O)(=O)N1. The van der Waals surface area contributed by atoms with E-state index in [0.29, 0.717) is 29.3 Å². The number of halogens is 2. The van der Waals surface area contributed by atoms with Crippen LogP contribution in [0.2, 0.25) is 10.0 Å². The number of hydrogen-bond acceptors (Lipinski definition) is 3. The fourth-order valence-electron chi connectivity index (χ4n) is 2.79. The zero-order valence-electron chi connectivity index (χ0n) is 12.2. The predicted octanol–water partition coefficient (Wildman–Crippen LogP) is 2.02. The Morgan fingerprint density at radius 2 is 2.04 bits per heavy atom. The van der Waals surface area contributed by atoms with Crippen LogP contribution in [-0.4, -0.2) is 31.8 Å². The average molecular weight is 378 g/mol. The number of benzene rings is 1. The maximum absolute atomic E-state index is 11.9. The molecule has 1 unspecified atom stereocenters. The lowest BCUT2D eigenvalue weighted by molar-refractivity contribution is 0.239. The van der Waals surface area contributed by atoms with E-state index in [4.69, 9.17) is 23.2 Å². The van der Waals surface area contributed by atoms with Gasteiger partial charge in [-0.2, -0.15) is 0 Å². The molecule has 0 bridgehead atoms. The number of carbonyl (C=O) groups is 1. The van der Waals surface area contributed by atoms with E-state index in [9.17, 15) is 13.2 Å². The van der Waals surface area contributed by atoms with Crippen LogP contribution in [0.15, 0.2) is 18.2 Å². The van der Waals surface area contributed by atoms with E-state index in [-0.39, 0.29) is 25.2 Å². The number of urea groups is 1. The van der Waals surface area contributed by atoms with Gasteiger partial charge in [0.2, 0.25) is 10.0 Å². The molecular weight excluding hydrogens is 361 g/mol. The van der Waals surface area contributed by atoms with Crippen LogP contribution in [0, 0.1) is 0 Å². The summed E-state index contributed by atoms with van der Waals surface area (Å²) in [5.41, 5.74) is 0.754. The number of sulfonamides is 1. The molecule has 1 spiro atoms. The van der Waals surface area contributed by atoms with Gasteiger partial charge in [-0.05, 0) is 37.0 Å². The zero-order valence-corrected chi connectivity index (χ0v) is 14.6. The van der Waals surface area contributed by atoms with Crippen LogP contribution in [0.5, 0.6) is 0 Å². The van der Waals surface area contributed by atoms with Crippen molar-refractivity contribution < 1.29 is 13.2 Å². The summed E-state index contributed by atoms with van der Waals surface area (Å²) in [5.74, 6) is 0. The Hall–Kier alpha value is -1.02. The normalized spacial score (nSPS) is 23.7. The summed E-state index contributed by atoms with van der Waals surface area (Å²) in [6.07, 6.45) is 1.97. The van der Waals surface area contributed by atoms with Gasteiger partial charge in [-0.15, -0.1) is 0 Å². The van der Waals surface area contributed by atoms with Gasteiger partial charge < -0.3 is 10.6 Å². The molecule has 1 atom stereocenters. The Labute approximate surface area is 145 Å². The van der Waals surface area contributed by atoms with E-state index in [0.717, 1.165) is 5.56 Å². The van der Waals surface area contributed by atoms with E-state index in [2.05, 4.69) is 15.4 Å². The van der Waals surface area contributed by atoms with Gasteiger partial charge in [-0.25, -0.2) is 17.9 Å². The quantitative estimate of drug-likeness (QED) is 0.749. The molecule has 0 aromatic heterocycles. The molecule has 1 saturated carbocycles. The first-order chi connectivity index (χ1) is 10.8. The molecule has 1 aliphatic heterocycles. The number of carbonyl (C=O) groups excluding carboxylic acids is 1. The van der Waals surface area contributed by atoms with Crippen LogP contribution in [0.3, 0.4) is 0 Å². The second kappa shape index (κ2) is 6.12. The number of rotatable bonds is 4. The molecule has 1 saturated heterocycles. The average Bonchev–Trinajstić information content (AvgIpc) is 3.19. The van der Waals surface area contributed by atoms with Crippen molar-refractivity contribution in [2.75, 3.05) is 6.54 Å². The van der Waals surface area contributed by atoms with Crippen molar-refractivity contribution in [1.29, 1.82) is 0 Å². The van der Waals surface area contributed by atoms with E-state index < -0.39 is 14.8 Å². The highest BCUT2D eigenvalue weighted by atomic mass is 35.5. The summed E-state index contributed by atoms with van der Waals surface area (Å²) in [6.45, 7) is 0.531. The molecule has 126 valence electrons. The molecule has 1 aromatic carbocycles. The van der Waals surface area contributed by atoms with Crippen LogP contribution >= 0.6 is 23.2 Å². The lowest BCUT2D eigenvalue weighted by atomic mass is 10.1. The highest BCUT2D eigenvalue weighted by Gasteiger charge is 2.60. The Balaban J connectivity index is 1.45. The van der Waals surface area contributed by atoms with Crippen LogP contribution < -0.4 is 15.4 Å². The number of amides is 2. The minimum Gasteiger partial charge on any atom is -0.337 e. The van der Waals surface area contributed by atoms with Crippen molar-refractivity contribution in [2.24, 2.45) is 0 Å². The Morgan fingerprint density at radius 1 is 1.30 bits per heavy atom. The predicted molar refractivity (Wildman–Crippen MR) is 89.1 cm³/mol. The molecule has 6 nitrogen and oxygen atoms in total. The molecule has 23 heavy (non-hydrogen) atoms. The van der Waals surface area contributed by atoms with Gasteiger partial charge in [-0.3, -0.25) is 0 Å². The third-order valence-electron chi connectivity index (χ3n) is 4.28. The van der Waals surface area contributed by atoms with Crippen molar-refractivity contribution in [3.8, 4) is 0 Å². The topological polar surface area (TPSA) is 87.3 Å². The second-order valence-electron chi connectivity index (χ2n) is 6.00. The molecule has 1 aliphatic carbocycles. The molecule has 1 heterocycles. The first-order valence-corrected chi connectivity index (χ1v) is 9.53. The van der Waals surface area contributed by atoms with Gasteiger partial charge in [0.15, 0.2) is 0 Å². The van der Waals surface area contributed by atoms with Crippen molar-refractivity contribution in [1.82, 2.24) is 15.4 Å². The van der Waals surface area contributed by atoms with E-state index >= 15 is 0 Å². The highest BCUT2D eigenvalue weighted by Crippen LogP contribution is 2.50. The van der Waals surface area contributed by atoms with Gasteiger partial charge in [0.05, 0.1) is 4.75 Å². The van der Waals surface area contributed by atoms with Crippen LogP contribution in [0.1, 0.15) is 24.8 Å². The minimum atomic E-state index is -3.23. The van der Waals surface area contributed by atoms with Gasteiger partial charge in [0, 0.05) is 29.2 Å². The number of hydrogen-bond donors (Lipinski definition) is 3. The van der Waals surface area contributed by atoms with E-state index in [1.165, 1.54) is 0 Å². The molecule has 9 heteroatoms. The Morgan fingerprint density at radius 3 is 2.65 bits per heavy atom. The Bertz CT molecular complexity index is 735. The fourth-order valence-corrected chi connectivity index (χ4v) is 5.18. The lowest BCUT2D eigenvalue weighted by Gasteiger charge is -2.12. The molecule has 1 aromatic rings. The molecule has 3 N–H and O–H groups in total. The van der Waals surface area contributed by atoms with Gasteiger partial charge in [-0.1, -0.05) is 29.3 Å². The van der Waals surface area contributed by atoms with Crippen LogP contribution in [0.25, 0.3) is 0 Å². The number of nitrogens with one attached hydrogen (secondary N) is 3. The Kier molecular flexibility index (Phi) is 4.48. The molecule has 2 aliphatic rings. The lowest BCUT2D eigenvalue weighted by Crippen LogP contribution is -2.42. The maximum atomic E-state index is 11.9. The zero-order chi connectivity index (χ0) is 16.7. The fraction of sp³-hybridized carbons (Fsp3) is 0.500. The minimum absolute atomic E-state index is 0.243. The van der Waals surface area contributed by atoms with Gasteiger partial charge in [0.25, 0.3) is 0 Å². The molecule has 2 amide bonds. The highest BCUT2D eigenvalue weighted by molar-refractivity contribution is 7.91. The summed E-state index contributed by atoms with van der Waals surface area (Å²) in [7, 11) is -3.23. The van der Waals surface area contributed by atoms with E-state index in [1.54, 1.807) is 18.2 Å². The summed E-state index contributed by atoms with van der Waals surface area (Å²) in [5, 5.41) is 6.38. The second-order valence-corrected chi connectivity index (χ2v) is 8.96. The summed E-state index contributed by atoms with van der Waals surface area (Å²) in [4.78, 5) is 11.8. The molecule has 2 fully saturated rings. The van der Waals surface area contributed by atoms with Gasteiger partial charge in [0.1, 0.15) is 0 Å². The van der Waals surface area contributed by atoms with Crippen LogP contribution in [-0.2, 0) is 16.6 Å². The van der Waals surface area contributed by atoms with Crippen molar-refractivity contribution in [3.05, 3.63) is 33.8 Å². The first kappa shape index (κ1) is 16.8. The van der Waals surface area contributed by atoms with Crippen molar-refractivity contribution >= 4 is 39.3 Å². The molecule has 3 rings (SSSR count). The molecular formula is C14H17Cl2N3O3S.